The summed E-state index contributed by atoms with van der Waals surface area (Å²) in [4.78, 5) is 20.0. The zero-order chi connectivity index (χ0) is 20.8. The molecule has 1 saturated heterocycles. The van der Waals surface area contributed by atoms with Crippen LogP contribution in [0.15, 0.2) is 35.4 Å². The molecule has 5 nitrogen and oxygen atoms in total. The first-order valence-electron chi connectivity index (χ1n) is 10.1. The Balaban J connectivity index is 1.81. The highest BCUT2D eigenvalue weighted by atomic mass is 32.2. The molecule has 0 radical (unpaired) electrons. The maximum Gasteiger partial charge on any atom is 0.254 e. The molecule has 0 aliphatic carbocycles. The molecule has 7 heteroatoms. The first-order valence-corrected chi connectivity index (χ1v) is 11.0. The van der Waals surface area contributed by atoms with E-state index in [0.29, 0.717) is 12.2 Å². The van der Waals surface area contributed by atoms with E-state index in [9.17, 15) is 9.18 Å². The van der Waals surface area contributed by atoms with Crippen molar-refractivity contribution in [2.75, 3.05) is 30.3 Å². The van der Waals surface area contributed by atoms with E-state index < -0.39 is 0 Å². The molecule has 1 fully saturated rings. The van der Waals surface area contributed by atoms with Gasteiger partial charge in [-0.1, -0.05) is 26.0 Å². The number of pyridine rings is 1. The third kappa shape index (κ3) is 5.48. The molecule has 0 saturated carbocycles. The van der Waals surface area contributed by atoms with Gasteiger partial charge < -0.3 is 15.0 Å². The van der Waals surface area contributed by atoms with Gasteiger partial charge in [-0.2, -0.15) is 0 Å². The molecular weight excluding hydrogens is 389 g/mol. The topological polar surface area (TPSA) is 54.5 Å². The second kappa shape index (κ2) is 10.1. The number of ether oxygens (including phenoxy) is 1. The number of hydrogen-bond donors (Lipinski definition) is 1. The molecule has 0 spiro atoms. The Bertz CT molecular complexity index is 862. The highest BCUT2D eigenvalue weighted by Gasteiger charge is 2.23. The minimum Gasteiger partial charge on any atom is -0.375 e. The number of anilines is 1. The van der Waals surface area contributed by atoms with Gasteiger partial charge in [-0.25, -0.2) is 9.37 Å². The van der Waals surface area contributed by atoms with E-state index in [1.54, 1.807) is 23.9 Å². The number of hydrogen-bond acceptors (Lipinski definition) is 5. The Morgan fingerprint density at radius 1 is 1.38 bits per heavy atom. The second-order valence-corrected chi connectivity index (χ2v) is 8.32. The summed E-state index contributed by atoms with van der Waals surface area (Å²) < 4.78 is 19.1. The molecule has 1 aliphatic rings. The molecule has 3 rings (SSSR count). The monoisotopic (exact) mass is 417 g/mol. The standard InChI is InChI=1S/C22H28FN3O2S/c1-4-18-14-26(9-10-28-18)19-11-15(3)20(22(25-19)29-5-2)21(27)24-13-16-7-6-8-17(23)12-16/h6-8,11-12,18H,4-5,9-10,13-14H2,1-3H3,(H,24,27). The van der Waals surface area contributed by atoms with Crippen LogP contribution in [0.5, 0.6) is 0 Å². The van der Waals surface area contributed by atoms with E-state index in [-0.39, 0.29) is 24.4 Å². The third-order valence-electron chi connectivity index (χ3n) is 4.94. The van der Waals surface area contributed by atoms with Crippen LogP contribution in [-0.4, -0.2) is 42.4 Å². The van der Waals surface area contributed by atoms with Crippen LogP contribution in [0.3, 0.4) is 0 Å². The fourth-order valence-corrected chi connectivity index (χ4v) is 4.23. The smallest absolute Gasteiger partial charge is 0.254 e. The van der Waals surface area contributed by atoms with Crippen molar-refractivity contribution in [3.63, 3.8) is 0 Å². The first kappa shape index (κ1) is 21.6. The largest absolute Gasteiger partial charge is 0.375 e. The molecule has 1 aromatic heterocycles. The van der Waals surface area contributed by atoms with Crippen LogP contribution in [0.1, 0.15) is 41.8 Å². The number of benzene rings is 1. The van der Waals surface area contributed by atoms with Crippen molar-refractivity contribution in [2.24, 2.45) is 0 Å². The van der Waals surface area contributed by atoms with Crippen molar-refractivity contribution in [3.8, 4) is 0 Å². The zero-order valence-corrected chi connectivity index (χ0v) is 18.0. The summed E-state index contributed by atoms with van der Waals surface area (Å²) in [6.45, 7) is 8.68. The highest BCUT2D eigenvalue weighted by molar-refractivity contribution is 7.99. The summed E-state index contributed by atoms with van der Waals surface area (Å²) in [5, 5.41) is 3.64. The van der Waals surface area contributed by atoms with Gasteiger partial charge in [0.25, 0.3) is 5.91 Å². The Hall–Kier alpha value is -2.12. The zero-order valence-electron chi connectivity index (χ0n) is 17.2. The Kier molecular flexibility index (Phi) is 7.50. The number of carbonyl (C=O) groups is 1. The number of rotatable bonds is 7. The molecule has 0 bridgehead atoms. The fraction of sp³-hybridized carbons (Fsp3) is 0.455. The number of aryl methyl sites for hydroxylation is 1. The molecular formula is C22H28FN3O2S. The maximum atomic E-state index is 13.4. The highest BCUT2D eigenvalue weighted by Crippen LogP contribution is 2.28. The number of nitrogens with one attached hydrogen (secondary N) is 1. The summed E-state index contributed by atoms with van der Waals surface area (Å²) in [6.07, 6.45) is 1.18. The first-order chi connectivity index (χ1) is 14.0. The van der Waals surface area contributed by atoms with Crippen molar-refractivity contribution in [2.45, 2.75) is 44.9 Å². The predicted molar refractivity (Wildman–Crippen MR) is 115 cm³/mol. The van der Waals surface area contributed by atoms with Crippen LogP contribution in [-0.2, 0) is 11.3 Å². The number of morpholine rings is 1. The van der Waals surface area contributed by atoms with Crippen molar-refractivity contribution < 1.29 is 13.9 Å². The van der Waals surface area contributed by atoms with Crippen LogP contribution >= 0.6 is 11.8 Å². The molecule has 1 amide bonds. The molecule has 2 aromatic rings. The van der Waals surface area contributed by atoms with E-state index in [4.69, 9.17) is 9.72 Å². The number of carbonyl (C=O) groups excluding carboxylic acids is 1. The van der Waals surface area contributed by atoms with E-state index in [1.807, 2.05) is 19.9 Å². The Labute approximate surface area is 176 Å². The van der Waals surface area contributed by atoms with Gasteiger partial charge in [0.15, 0.2) is 0 Å². The summed E-state index contributed by atoms with van der Waals surface area (Å²) in [6, 6.07) is 8.24. The van der Waals surface area contributed by atoms with Crippen molar-refractivity contribution in [1.29, 1.82) is 0 Å². The number of thioether (sulfide) groups is 1. The van der Waals surface area contributed by atoms with Gasteiger partial charge in [0, 0.05) is 19.6 Å². The van der Waals surface area contributed by atoms with Gasteiger partial charge in [-0.3, -0.25) is 4.79 Å². The lowest BCUT2D eigenvalue weighted by Crippen LogP contribution is -2.42. The van der Waals surface area contributed by atoms with Gasteiger partial charge >= 0.3 is 0 Å². The van der Waals surface area contributed by atoms with Crippen LogP contribution in [0.25, 0.3) is 0 Å². The van der Waals surface area contributed by atoms with Crippen LogP contribution in [0.4, 0.5) is 10.2 Å². The molecule has 2 heterocycles. The summed E-state index contributed by atoms with van der Waals surface area (Å²) in [5.41, 5.74) is 2.21. The molecule has 1 aliphatic heterocycles. The molecule has 1 N–H and O–H groups in total. The van der Waals surface area contributed by atoms with E-state index in [1.165, 1.54) is 12.1 Å². The minimum atomic E-state index is -0.308. The SMILES string of the molecule is CCSc1nc(N2CCOC(CC)C2)cc(C)c1C(=O)NCc1cccc(F)c1. The van der Waals surface area contributed by atoms with Gasteiger partial charge in [0.2, 0.25) is 0 Å². The van der Waals surface area contributed by atoms with Crippen LogP contribution in [0.2, 0.25) is 0 Å². The van der Waals surface area contributed by atoms with Gasteiger partial charge in [-0.05, 0) is 48.4 Å². The normalized spacial score (nSPS) is 16.7. The third-order valence-corrected chi connectivity index (χ3v) is 5.80. The predicted octanol–water partition coefficient (Wildman–Crippen LogP) is 4.19. The number of aromatic nitrogens is 1. The number of nitrogens with zero attached hydrogens (tertiary/aromatic N) is 2. The van der Waals surface area contributed by atoms with E-state index in [2.05, 4.69) is 17.1 Å². The summed E-state index contributed by atoms with van der Waals surface area (Å²) in [7, 11) is 0. The second-order valence-electron chi connectivity index (χ2n) is 7.07. The van der Waals surface area contributed by atoms with Gasteiger partial charge in [-0.15, -0.1) is 11.8 Å². The molecule has 1 atom stereocenters. The van der Waals surface area contributed by atoms with Crippen molar-refractivity contribution in [3.05, 3.63) is 52.8 Å². The number of amides is 1. The summed E-state index contributed by atoms with van der Waals surface area (Å²) >= 11 is 1.56. The maximum absolute atomic E-state index is 13.4. The average molecular weight is 418 g/mol. The van der Waals surface area contributed by atoms with Gasteiger partial charge in [0.1, 0.15) is 16.7 Å². The van der Waals surface area contributed by atoms with Crippen LogP contribution in [0, 0.1) is 12.7 Å². The quantitative estimate of drug-likeness (QED) is 0.685. The van der Waals surface area contributed by atoms with Crippen molar-refractivity contribution >= 4 is 23.5 Å². The fourth-order valence-electron chi connectivity index (χ4n) is 3.40. The Morgan fingerprint density at radius 2 is 2.21 bits per heavy atom. The van der Waals surface area contributed by atoms with Crippen molar-refractivity contribution in [1.82, 2.24) is 10.3 Å². The Morgan fingerprint density at radius 3 is 2.93 bits per heavy atom. The number of halogens is 1. The van der Waals surface area contributed by atoms with Gasteiger partial charge in [0.05, 0.1) is 18.3 Å². The van der Waals surface area contributed by atoms with Crippen LogP contribution < -0.4 is 10.2 Å². The lowest BCUT2D eigenvalue weighted by atomic mass is 10.1. The summed E-state index contributed by atoms with van der Waals surface area (Å²) in [5.74, 6) is 1.22. The lowest BCUT2D eigenvalue weighted by molar-refractivity contribution is 0.0381. The lowest BCUT2D eigenvalue weighted by Gasteiger charge is -2.34. The molecule has 1 aromatic carbocycles. The molecule has 29 heavy (non-hydrogen) atoms. The van der Waals surface area contributed by atoms with E-state index >= 15 is 0 Å². The molecule has 156 valence electrons. The minimum absolute atomic E-state index is 0.185. The molecule has 1 unspecified atom stereocenters. The van der Waals surface area contributed by atoms with E-state index in [0.717, 1.165) is 47.2 Å². The average Bonchev–Trinajstić information content (AvgIpc) is 2.72.